The molecule has 8 heterocycles. The molecule has 16 N–H and O–H groups in total. The van der Waals surface area contributed by atoms with Crippen molar-refractivity contribution in [3.8, 4) is 28.5 Å². The lowest BCUT2D eigenvalue weighted by atomic mass is 9.91. The van der Waals surface area contributed by atoms with E-state index in [2.05, 4.69) is 128 Å². The van der Waals surface area contributed by atoms with Gasteiger partial charge in [-0.15, -0.1) is 0 Å². The second-order valence-corrected chi connectivity index (χ2v) is 30.1. The van der Waals surface area contributed by atoms with Crippen molar-refractivity contribution < 1.29 is 28.3 Å². The molecular weight excluding hydrogens is 1560 g/mol. The summed E-state index contributed by atoms with van der Waals surface area (Å²) in [5.41, 5.74) is 32.8. The number of methoxy groups -OCH3 is 1. The molecule has 0 radical (unpaired) electrons. The van der Waals surface area contributed by atoms with E-state index < -0.39 is 5.82 Å². The molecule has 4 fully saturated rings. The van der Waals surface area contributed by atoms with Gasteiger partial charge in [0.25, 0.3) is 0 Å². The number of ether oxygens (including phenoxy) is 1. The lowest BCUT2D eigenvalue weighted by Crippen LogP contribution is -2.43. The Labute approximate surface area is 702 Å². The van der Waals surface area contributed by atoms with Gasteiger partial charge in [-0.05, 0) is 146 Å². The third-order valence-electron chi connectivity index (χ3n) is 21.0. The van der Waals surface area contributed by atoms with Crippen LogP contribution in [0.15, 0.2) is 147 Å². The summed E-state index contributed by atoms with van der Waals surface area (Å²) in [5.74, 6) is 2.70. The highest BCUT2D eigenvalue weighted by atomic mass is 19.1. The van der Waals surface area contributed by atoms with E-state index in [0.29, 0.717) is 109 Å². The number of anilines is 12. The fraction of sp³-hybridized carbons (Fsp3) is 0.361. The van der Waals surface area contributed by atoms with Crippen LogP contribution in [0.5, 0.6) is 5.75 Å². The largest absolute Gasteiger partial charge is 0.497 e. The van der Waals surface area contributed by atoms with Crippen LogP contribution in [0.1, 0.15) is 177 Å². The van der Waals surface area contributed by atoms with Gasteiger partial charge in [-0.2, -0.15) is 79.9 Å². The van der Waals surface area contributed by atoms with Gasteiger partial charge in [0.15, 0.2) is 28.8 Å². The molecule has 0 amide bonds. The maximum absolute atomic E-state index is 14.2. The third kappa shape index (κ3) is 22.8. The van der Waals surface area contributed by atoms with E-state index in [0.717, 1.165) is 120 Å². The molecule has 0 bridgehead atoms. The van der Waals surface area contributed by atoms with E-state index in [1.165, 1.54) is 85.2 Å². The fourth-order valence-corrected chi connectivity index (χ4v) is 14.6. The van der Waals surface area contributed by atoms with Crippen LogP contribution in [0.3, 0.4) is 0 Å². The Morgan fingerprint density at radius 2 is 0.664 bits per heavy atom. The molecule has 8 atom stereocenters. The molecule has 632 valence electrons. The van der Waals surface area contributed by atoms with Crippen molar-refractivity contribution in [3.63, 3.8) is 0 Å². The van der Waals surface area contributed by atoms with Gasteiger partial charge in [-0.1, -0.05) is 51.4 Å². The number of carbonyl (C=O) groups is 4. The molecule has 4 aliphatic rings. The van der Waals surface area contributed by atoms with Crippen LogP contribution in [0.25, 0.3) is 27.6 Å². The molecule has 0 aliphatic heterocycles. The first-order chi connectivity index (χ1) is 59.0. The Balaban J connectivity index is 0.000000140. The van der Waals surface area contributed by atoms with Crippen molar-refractivity contribution in [2.45, 2.75) is 186 Å². The van der Waals surface area contributed by atoms with Crippen molar-refractivity contribution >= 4 is 98.6 Å². The number of hydrogen-bond donors (Lipinski definition) is 12. The molecule has 16 rings (SSSR count). The summed E-state index contributed by atoms with van der Waals surface area (Å²) in [6, 6.07) is 21.4. The number of ketones is 4. The first kappa shape index (κ1) is 85.8. The zero-order valence-corrected chi connectivity index (χ0v) is 68.4. The highest BCUT2D eigenvalue weighted by Crippen LogP contribution is 2.34. The van der Waals surface area contributed by atoms with E-state index >= 15 is 0 Å². The highest BCUT2D eigenvalue weighted by molar-refractivity contribution is 6.01. The van der Waals surface area contributed by atoms with Crippen LogP contribution in [0, 0.1) is 19.3 Å². The Morgan fingerprint density at radius 1 is 0.385 bits per heavy atom. The van der Waals surface area contributed by atoms with Gasteiger partial charge < -0.3 is 70.2 Å². The van der Waals surface area contributed by atoms with Crippen molar-refractivity contribution in [2.24, 2.45) is 22.9 Å². The molecule has 4 saturated carbocycles. The Kier molecular flexibility index (Phi) is 28.5. The zero-order chi connectivity index (χ0) is 85.8. The molecule has 12 aromatic rings. The third-order valence-corrected chi connectivity index (χ3v) is 21.0. The number of carbonyl (C=O) groups excluding carboxylic acids is 4. The van der Waals surface area contributed by atoms with Crippen LogP contribution in [-0.2, 0) is 0 Å². The molecule has 0 saturated heterocycles. The standard InChI is InChI=1S/C21H23N9O.C21H26N8O2.C21H26N8O.C20H23FN8O/c1-13(31)17-12-24-21(28-19-6-4-3-5-18(19)22)29-20(17)27-15-9-14(23-2)10-16(11-15)30-25-7-8-26-30;1-13(30)17-12-23-21(27-19-6-4-3-5-18(19)22)28-20(17)26-14-9-15(11-16(10-14)31-2)29-24-7-8-25-29;1-13-9-15(11-16(10-13)29-24-7-8-25-29)26-20-17(14(2)30)12-23-21(28-20)27-19-6-4-3-5-18(19)22;1-12(30)16-11-23-20(27-18-5-3-2-4-17(18)22)28-19(16)26-14-8-13(21)9-15(10-14)29-24-6-7-25-29/h7-12,18-19H,3-6,22H2,1H3,(H2,24,27,28,29);7-12,18-19H,3-6,22H2,1-2H3,(H2,23,26,27,28);7-12,18-19H,3-6,22H2,1-2H3,(H2,23,26,27,28);6-11,17-18H,2-5,22H2,1H3,(H2,23,26,27,28)/t3*18-,19+;17-,18+/m0000/s1. The maximum Gasteiger partial charge on any atom is 0.224 e. The number of nitrogens with one attached hydrogen (secondary N) is 8. The average molecular weight is 1660 g/mol. The summed E-state index contributed by atoms with van der Waals surface area (Å²) >= 11 is 0. The second-order valence-electron chi connectivity index (χ2n) is 30.1. The smallest absolute Gasteiger partial charge is 0.224 e. The number of rotatable bonds is 25. The predicted octanol–water partition coefficient (Wildman–Crippen LogP) is 11.7. The lowest BCUT2D eigenvalue weighted by Gasteiger charge is -2.29. The number of benzene rings is 4. The summed E-state index contributed by atoms with van der Waals surface area (Å²) in [5, 5.41) is 58.9. The number of nitrogens with two attached hydrogens (primary N) is 4. The Morgan fingerprint density at radius 3 is 0.967 bits per heavy atom. The van der Waals surface area contributed by atoms with Crippen molar-refractivity contribution in [1.29, 1.82) is 0 Å². The predicted molar refractivity (Wildman–Crippen MR) is 460 cm³/mol. The molecule has 0 unspecified atom stereocenters. The molecule has 122 heavy (non-hydrogen) atoms. The summed E-state index contributed by atoms with van der Waals surface area (Å²) in [6.45, 7) is 15.3. The number of aromatic nitrogens is 20. The van der Waals surface area contributed by atoms with Gasteiger partial charge in [0.05, 0.1) is 108 Å². The van der Waals surface area contributed by atoms with Crippen LogP contribution in [0.4, 0.5) is 79.9 Å². The lowest BCUT2D eigenvalue weighted by molar-refractivity contribution is 0.100. The summed E-state index contributed by atoms with van der Waals surface area (Å²) in [7, 11) is 1.58. The SMILES string of the molecule is CC(=O)c1cnc(N[C@@H]2CCCC[C@@H]2N)nc1Nc1cc(C)cc(-n2nccn2)c1.CC(=O)c1cnc(N[C@@H]2CCCC[C@@H]2N)nc1Nc1cc(F)cc(-n2nccn2)c1.COc1cc(Nc2nc(N[C@@H]3CCCC[C@@H]3N)ncc2C(C)=O)cc(-n2nccn2)c1.[C-]#[N+]c1cc(Nc2nc(N[C@@H]3CCCC[C@@H]3N)ncc2C(C)=O)cc(-n2nccn2)c1. The zero-order valence-electron chi connectivity index (χ0n) is 68.4. The quantitative estimate of drug-likeness (QED) is 0.0187. The molecule has 8 aromatic heterocycles. The number of nitrogens with zero attached hydrogens (tertiary/aromatic N) is 21. The van der Waals surface area contributed by atoms with Crippen molar-refractivity contribution in [3.05, 3.63) is 192 Å². The van der Waals surface area contributed by atoms with Gasteiger partial charge in [0.2, 0.25) is 23.8 Å². The molecule has 4 aromatic carbocycles. The number of hydrogen-bond acceptors (Lipinski definition) is 33. The number of aryl methyl sites for hydroxylation is 1. The van der Waals surface area contributed by atoms with Gasteiger partial charge in [0, 0.05) is 114 Å². The van der Waals surface area contributed by atoms with Crippen LogP contribution in [-0.4, -0.2) is 178 Å². The van der Waals surface area contributed by atoms with E-state index in [4.69, 9.17) is 34.2 Å². The summed E-state index contributed by atoms with van der Waals surface area (Å²) in [6.07, 6.45) is 35.3. The topological polar surface area (TPSA) is 508 Å². The van der Waals surface area contributed by atoms with Crippen LogP contribution in [0.2, 0.25) is 0 Å². The van der Waals surface area contributed by atoms with Crippen LogP contribution >= 0.6 is 0 Å². The normalized spacial score (nSPS) is 18.5. The Bertz CT molecular complexity index is 5450. The van der Waals surface area contributed by atoms with Gasteiger partial charge in [-0.25, -0.2) is 29.2 Å². The first-order valence-corrected chi connectivity index (χ1v) is 40.3. The minimum atomic E-state index is -0.475. The van der Waals surface area contributed by atoms with Gasteiger partial charge in [0.1, 0.15) is 34.8 Å². The second kappa shape index (κ2) is 40.6. The number of Topliss-reactive ketones (excluding diaryl/α,β-unsaturated/α-hetero) is 4. The summed E-state index contributed by atoms with van der Waals surface area (Å²) < 4.78 is 19.6. The molecule has 38 nitrogen and oxygen atoms in total. The van der Waals surface area contributed by atoms with Crippen LogP contribution < -0.4 is 70.2 Å². The van der Waals surface area contributed by atoms with E-state index in [1.54, 1.807) is 79.5 Å². The summed E-state index contributed by atoms with van der Waals surface area (Å²) in [4.78, 5) is 93.3. The fourth-order valence-electron chi connectivity index (χ4n) is 14.6. The van der Waals surface area contributed by atoms with E-state index in [9.17, 15) is 23.6 Å². The molecule has 39 heteroatoms. The van der Waals surface area contributed by atoms with E-state index in [1.807, 2.05) is 43.3 Å². The molecule has 4 aliphatic carbocycles. The highest BCUT2D eigenvalue weighted by Gasteiger charge is 2.29. The molecule has 0 spiro atoms. The Hall–Kier alpha value is -14.1. The van der Waals surface area contributed by atoms with Crippen molar-refractivity contribution in [1.82, 2.24) is 99.8 Å². The first-order valence-electron chi connectivity index (χ1n) is 40.3. The van der Waals surface area contributed by atoms with Gasteiger partial charge in [-0.3, -0.25) is 19.2 Å². The van der Waals surface area contributed by atoms with Gasteiger partial charge >= 0.3 is 0 Å². The average Bonchev–Trinajstić information content (AvgIpc) is 1.25. The minimum Gasteiger partial charge on any atom is -0.497 e. The monoisotopic (exact) mass is 1660 g/mol. The number of halogens is 1. The van der Waals surface area contributed by atoms with Crippen molar-refractivity contribution in [2.75, 3.05) is 49.6 Å². The molecular formula is C83H98FN33O5. The minimum absolute atomic E-state index is 0.0265. The maximum atomic E-state index is 14.2. The van der Waals surface area contributed by atoms with E-state index in [-0.39, 0.29) is 77.3 Å².